The van der Waals surface area contributed by atoms with E-state index >= 15 is 0 Å². The van der Waals surface area contributed by atoms with Crippen molar-refractivity contribution in [3.63, 3.8) is 0 Å². The van der Waals surface area contributed by atoms with E-state index in [2.05, 4.69) is 32.0 Å². The van der Waals surface area contributed by atoms with Gasteiger partial charge in [-0.3, -0.25) is 0 Å². The lowest BCUT2D eigenvalue weighted by Crippen LogP contribution is -2.54. The highest BCUT2D eigenvalue weighted by Gasteiger charge is 2.48. The molecule has 0 spiro atoms. The predicted molar refractivity (Wildman–Crippen MR) is 71.3 cm³/mol. The Labute approximate surface area is 104 Å². The van der Waals surface area contributed by atoms with Crippen molar-refractivity contribution in [2.75, 3.05) is 6.61 Å². The first-order chi connectivity index (χ1) is 8.11. The molecule has 1 aromatic carbocycles. The van der Waals surface area contributed by atoms with Crippen molar-refractivity contribution in [3.05, 3.63) is 29.8 Å². The van der Waals surface area contributed by atoms with E-state index < -0.39 is 0 Å². The van der Waals surface area contributed by atoms with Crippen LogP contribution in [0.3, 0.4) is 0 Å². The van der Waals surface area contributed by atoms with Crippen LogP contribution in [0.4, 0.5) is 0 Å². The lowest BCUT2D eigenvalue weighted by atomic mass is 9.54. The summed E-state index contributed by atoms with van der Waals surface area (Å²) in [6, 6.07) is 8.82. The minimum absolute atomic E-state index is 0.255. The molecule has 0 radical (unpaired) electrons. The Balaban J connectivity index is 2.20. The smallest absolute Gasteiger partial charge is 0.119 e. The summed E-state index contributed by atoms with van der Waals surface area (Å²) >= 11 is 0. The van der Waals surface area contributed by atoms with Crippen LogP contribution < -0.4 is 10.5 Å². The van der Waals surface area contributed by atoms with E-state index in [4.69, 9.17) is 10.5 Å². The minimum atomic E-state index is 0.255. The molecular formula is C15H23NO. The van der Waals surface area contributed by atoms with Gasteiger partial charge >= 0.3 is 0 Å². The maximum Gasteiger partial charge on any atom is 0.119 e. The Hall–Kier alpha value is -1.02. The van der Waals surface area contributed by atoms with Crippen molar-refractivity contribution >= 4 is 0 Å². The lowest BCUT2D eigenvalue weighted by Gasteiger charge is -2.53. The van der Waals surface area contributed by atoms with E-state index in [-0.39, 0.29) is 5.41 Å². The Morgan fingerprint density at radius 1 is 1.41 bits per heavy atom. The van der Waals surface area contributed by atoms with Gasteiger partial charge in [-0.2, -0.15) is 0 Å². The summed E-state index contributed by atoms with van der Waals surface area (Å²) in [7, 11) is 0. The molecule has 0 amide bonds. The van der Waals surface area contributed by atoms with Crippen LogP contribution in [0.5, 0.6) is 5.75 Å². The molecular weight excluding hydrogens is 210 g/mol. The summed E-state index contributed by atoms with van der Waals surface area (Å²) in [6.45, 7) is 7.28. The Kier molecular flexibility index (Phi) is 3.43. The highest BCUT2D eigenvalue weighted by Crippen LogP contribution is 2.54. The van der Waals surface area contributed by atoms with Crippen molar-refractivity contribution in [2.24, 2.45) is 11.1 Å². The van der Waals surface area contributed by atoms with Crippen molar-refractivity contribution in [2.45, 2.75) is 45.6 Å². The fraction of sp³-hybridized carbons (Fsp3) is 0.600. The Morgan fingerprint density at radius 2 is 2.18 bits per heavy atom. The number of hydrogen-bond acceptors (Lipinski definition) is 2. The fourth-order valence-electron chi connectivity index (χ4n) is 2.90. The van der Waals surface area contributed by atoms with E-state index in [1.165, 1.54) is 5.56 Å². The normalized spacial score (nSPS) is 32.0. The zero-order chi connectivity index (χ0) is 12.5. The summed E-state index contributed by atoms with van der Waals surface area (Å²) in [6.07, 6.45) is 2.23. The van der Waals surface area contributed by atoms with E-state index in [1.807, 2.05) is 13.0 Å². The third-order valence-corrected chi connectivity index (χ3v) is 4.47. The molecule has 1 aliphatic rings. The first kappa shape index (κ1) is 12.4. The second-order valence-electron chi connectivity index (χ2n) is 5.26. The highest BCUT2D eigenvalue weighted by atomic mass is 16.5. The van der Waals surface area contributed by atoms with Crippen LogP contribution in [-0.4, -0.2) is 12.6 Å². The topological polar surface area (TPSA) is 35.2 Å². The van der Waals surface area contributed by atoms with E-state index in [9.17, 15) is 0 Å². The fourth-order valence-corrected chi connectivity index (χ4v) is 2.90. The van der Waals surface area contributed by atoms with Crippen LogP contribution in [0.1, 0.15) is 45.1 Å². The number of ether oxygens (including phenoxy) is 1. The molecule has 3 unspecified atom stereocenters. The van der Waals surface area contributed by atoms with Gasteiger partial charge < -0.3 is 10.5 Å². The Morgan fingerprint density at radius 3 is 2.76 bits per heavy atom. The molecule has 0 aromatic heterocycles. The van der Waals surface area contributed by atoms with Gasteiger partial charge in [-0.1, -0.05) is 26.0 Å². The average Bonchev–Trinajstić information content (AvgIpc) is 2.35. The van der Waals surface area contributed by atoms with Crippen LogP contribution in [0.2, 0.25) is 0 Å². The monoisotopic (exact) mass is 233 g/mol. The number of nitrogens with two attached hydrogens (primary N) is 1. The van der Waals surface area contributed by atoms with E-state index in [0.29, 0.717) is 12.0 Å². The standard InChI is InChI=1S/C15H23NO/c1-4-15(3)13(10-14(15)16)11-7-6-8-12(9-11)17-5-2/h6-9,13-14H,4-5,10,16H2,1-3H3. The zero-order valence-corrected chi connectivity index (χ0v) is 11.1. The first-order valence-corrected chi connectivity index (χ1v) is 6.60. The Bertz CT molecular complexity index is 390. The SMILES string of the molecule is CCOc1cccc(C2CC(N)C2(C)CC)c1. The summed E-state index contributed by atoms with van der Waals surface area (Å²) in [5.74, 6) is 1.56. The predicted octanol–water partition coefficient (Wildman–Crippen LogP) is 3.32. The molecule has 17 heavy (non-hydrogen) atoms. The molecule has 1 aromatic rings. The molecule has 2 nitrogen and oxygen atoms in total. The maximum absolute atomic E-state index is 6.16. The molecule has 0 aliphatic heterocycles. The molecule has 2 N–H and O–H groups in total. The third-order valence-electron chi connectivity index (χ3n) is 4.47. The molecule has 1 fully saturated rings. The van der Waals surface area contributed by atoms with Crippen LogP contribution in [0, 0.1) is 5.41 Å². The second kappa shape index (κ2) is 4.69. The van der Waals surface area contributed by atoms with Crippen molar-refractivity contribution in [1.29, 1.82) is 0 Å². The van der Waals surface area contributed by atoms with Gasteiger partial charge in [0.25, 0.3) is 0 Å². The number of benzene rings is 1. The molecule has 94 valence electrons. The van der Waals surface area contributed by atoms with Crippen LogP contribution in [-0.2, 0) is 0 Å². The van der Waals surface area contributed by atoms with Crippen molar-refractivity contribution < 1.29 is 4.74 Å². The number of rotatable bonds is 4. The summed E-state index contributed by atoms with van der Waals surface area (Å²) < 4.78 is 5.56. The molecule has 1 saturated carbocycles. The van der Waals surface area contributed by atoms with Gasteiger partial charge in [0.1, 0.15) is 5.75 Å². The maximum atomic E-state index is 6.16. The van der Waals surface area contributed by atoms with Gasteiger partial charge in [-0.05, 0) is 48.8 Å². The molecule has 3 atom stereocenters. The van der Waals surface area contributed by atoms with Crippen LogP contribution in [0.25, 0.3) is 0 Å². The molecule has 1 aliphatic carbocycles. The van der Waals surface area contributed by atoms with Crippen molar-refractivity contribution in [1.82, 2.24) is 0 Å². The molecule has 0 bridgehead atoms. The molecule has 2 heteroatoms. The van der Waals surface area contributed by atoms with E-state index in [1.54, 1.807) is 0 Å². The second-order valence-corrected chi connectivity index (χ2v) is 5.26. The van der Waals surface area contributed by atoms with Gasteiger partial charge in [0, 0.05) is 6.04 Å². The summed E-state index contributed by atoms with van der Waals surface area (Å²) in [5, 5.41) is 0. The van der Waals surface area contributed by atoms with Gasteiger partial charge in [-0.15, -0.1) is 0 Å². The third kappa shape index (κ3) is 2.06. The number of hydrogen-bond donors (Lipinski definition) is 1. The minimum Gasteiger partial charge on any atom is -0.494 e. The molecule has 2 rings (SSSR count). The summed E-state index contributed by atoms with van der Waals surface area (Å²) in [4.78, 5) is 0. The van der Waals surface area contributed by atoms with Crippen LogP contribution >= 0.6 is 0 Å². The largest absolute Gasteiger partial charge is 0.494 e. The molecule has 0 saturated heterocycles. The van der Waals surface area contributed by atoms with E-state index in [0.717, 1.165) is 25.2 Å². The van der Waals surface area contributed by atoms with Gasteiger partial charge in [0.2, 0.25) is 0 Å². The first-order valence-electron chi connectivity index (χ1n) is 6.60. The average molecular weight is 233 g/mol. The molecule has 0 heterocycles. The van der Waals surface area contributed by atoms with Gasteiger partial charge in [-0.25, -0.2) is 0 Å². The zero-order valence-electron chi connectivity index (χ0n) is 11.1. The highest BCUT2D eigenvalue weighted by molar-refractivity contribution is 5.34. The van der Waals surface area contributed by atoms with Crippen LogP contribution in [0.15, 0.2) is 24.3 Å². The van der Waals surface area contributed by atoms with Crippen molar-refractivity contribution in [3.8, 4) is 5.75 Å². The van der Waals surface area contributed by atoms with Gasteiger partial charge in [0.15, 0.2) is 0 Å². The van der Waals surface area contributed by atoms with Gasteiger partial charge in [0.05, 0.1) is 6.61 Å². The lowest BCUT2D eigenvalue weighted by molar-refractivity contribution is 0.0704. The quantitative estimate of drug-likeness (QED) is 0.866. The summed E-state index contributed by atoms with van der Waals surface area (Å²) in [5.41, 5.74) is 7.79.